The molecule has 1 fully saturated rings. The molecule has 5 nitrogen and oxygen atoms in total. The van der Waals surface area contributed by atoms with E-state index in [2.05, 4.69) is 10.3 Å². The lowest BCUT2D eigenvalue weighted by Gasteiger charge is -2.22. The molecule has 1 aliphatic heterocycles. The Kier molecular flexibility index (Phi) is 3.34. The maximum absolute atomic E-state index is 11.5. The van der Waals surface area contributed by atoms with E-state index in [-0.39, 0.29) is 6.03 Å². The van der Waals surface area contributed by atoms with E-state index in [4.69, 9.17) is 4.74 Å². The first kappa shape index (κ1) is 10.2. The van der Waals surface area contributed by atoms with Crippen LogP contribution in [0.1, 0.15) is 12.8 Å². The van der Waals surface area contributed by atoms with Crippen molar-refractivity contribution in [2.45, 2.75) is 12.8 Å². The molecule has 0 aromatic carbocycles. The average Bonchev–Trinajstić information content (AvgIpc) is 2.81. The Morgan fingerprint density at radius 3 is 3.00 bits per heavy atom. The van der Waals surface area contributed by atoms with Gasteiger partial charge in [-0.05, 0) is 18.8 Å². The Morgan fingerprint density at radius 2 is 2.33 bits per heavy atom. The Balaban J connectivity index is 1.75. The molecule has 2 rings (SSSR count). The third kappa shape index (κ3) is 2.79. The van der Waals surface area contributed by atoms with Crippen LogP contribution in [0.2, 0.25) is 0 Å². The zero-order valence-corrected chi connectivity index (χ0v) is 8.56. The highest BCUT2D eigenvalue weighted by Gasteiger charge is 2.14. The highest BCUT2D eigenvalue weighted by Crippen LogP contribution is 2.13. The molecule has 0 saturated carbocycles. The van der Waals surface area contributed by atoms with E-state index >= 15 is 0 Å². The number of rotatable bonds is 2. The monoisotopic (exact) mass is 209 g/mol. The summed E-state index contributed by atoms with van der Waals surface area (Å²) in [7, 11) is 0. The second-order valence-corrected chi connectivity index (χ2v) is 3.71. The molecule has 15 heavy (non-hydrogen) atoms. The minimum Gasteiger partial charge on any atom is -0.381 e. The number of aromatic nitrogens is 2. The van der Waals surface area contributed by atoms with E-state index in [0.717, 1.165) is 32.6 Å². The fraction of sp³-hybridized carbons (Fsp3) is 0.600. The third-order valence-electron chi connectivity index (χ3n) is 2.62. The molecule has 1 aromatic heterocycles. The van der Waals surface area contributed by atoms with Gasteiger partial charge in [-0.15, -0.1) is 0 Å². The maximum atomic E-state index is 11.5. The molecule has 1 aromatic rings. The molecule has 1 aliphatic rings. The summed E-state index contributed by atoms with van der Waals surface area (Å²) in [6.45, 7) is 2.34. The van der Waals surface area contributed by atoms with Crippen molar-refractivity contribution in [2.75, 3.05) is 19.8 Å². The number of carbonyl (C=O) groups is 1. The topological polar surface area (TPSA) is 56.1 Å². The van der Waals surface area contributed by atoms with Gasteiger partial charge < -0.3 is 10.1 Å². The Hall–Kier alpha value is -1.36. The summed E-state index contributed by atoms with van der Waals surface area (Å²) in [6, 6.07) is -0.112. The van der Waals surface area contributed by atoms with Crippen molar-refractivity contribution >= 4 is 6.03 Å². The van der Waals surface area contributed by atoms with Gasteiger partial charge >= 0.3 is 6.03 Å². The number of imidazole rings is 1. The maximum Gasteiger partial charge on any atom is 0.326 e. The van der Waals surface area contributed by atoms with Gasteiger partial charge in [0, 0.05) is 32.2 Å². The standard InChI is InChI=1S/C10H15N3O2/c14-10(13-4-3-11-8-13)12-7-9-1-5-15-6-2-9/h3-4,8-9H,1-2,5-7H2,(H,12,14). The largest absolute Gasteiger partial charge is 0.381 e. The predicted molar refractivity (Wildman–Crippen MR) is 54.6 cm³/mol. The van der Waals surface area contributed by atoms with Crippen LogP contribution in [0.3, 0.4) is 0 Å². The molecule has 0 unspecified atom stereocenters. The van der Waals surface area contributed by atoms with Crippen molar-refractivity contribution in [1.29, 1.82) is 0 Å². The predicted octanol–water partition coefficient (Wildman–Crippen LogP) is 0.867. The molecule has 0 spiro atoms. The lowest BCUT2D eigenvalue weighted by molar-refractivity contribution is 0.0669. The first-order valence-electron chi connectivity index (χ1n) is 5.20. The minimum atomic E-state index is -0.112. The molecular weight excluding hydrogens is 194 g/mol. The summed E-state index contributed by atoms with van der Waals surface area (Å²) in [5.41, 5.74) is 0. The van der Waals surface area contributed by atoms with Crippen molar-refractivity contribution in [2.24, 2.45) is 5.92 Å². The van der Waals surface area contributed by atoms with Crippen molar-refractivity contribution in [3.05, 3.63) is 18.7 Å². The van der Waals surface area contributed by atoms with Gasteiger partial charge in [-0.25, -0.2) is 9.78 Å². The second-order valence-electron chi connectivity index (χ2n) is 3.71. The van der Waals surface area contributed by atoms with Crippen molar-refractivity contribution < 1.29 is 9.53 Å². The van der Waals surface area contributed by atoms with Crippen LogP contribution in [0.5, 0.6) is 0 Å². The Labute approximate surface area is 88.4 Å². The normalized spacial score (nSPS) is 17.6. The molecule has 2 heterocycles. The second kappa shape index (κ2) is 4.93. The van der Waals surface area contributed by atoms with Crippen LogP contribution in [-0.4, -0.2) is 35.3 Å². The summed E-state index contributed by atoms with van der Waals surface area (Å²) in [5, 5.41) is 2.88. The molecule has 0 aliphatic carbocycles. The Morgan fingerprint density at radius 1 is 1.53 bits per heavy atom. The summed E-state index contributed by atoms with van der Waals surface area (Å²) in [5.74, 6) is 0.547. The lowest BCUT2D eigenvalue weighted by atomic mass is 10.0. The van der Waals surface area contributed by atoms with E-state index in [0.29, 0.717) is 5.92 Å². The van der Waals surface area contributed by atoms with Crippen LogP contribution < -0.4 is 5.32 Å². The first-order valence-corrected chi connectivity index (χ1v) is 5.20. The molecule has 1 N–H and O–H groups in total. The molecule has 1 saturated heterocycles. The Bertz CT molecular complexity index is 304. The molecule has 5 heteroatoms. The molecule has 0 atom stereocenters. The highest BCUT2D eigenvalue weighted by atomic mass is 16.5. The number of amides is 1. The summed E-state index contributed by atoms with van der Waals surface area (Å²) in [4.78, 5) is 15.3. The summed E-state index contributed by atoms with van der Waals surface area (Å²) in [6.07, 6.45) is 6.79. The van der Waals surface area contributed by atoms with Gasteiger partial charge in [-0.3, -0.25) is 4.57 Å². The van der Waals surface area contributed by atoms with Gasteiger partial charge in [0.15, 0.2) is 0 Å². The highest BCUT2D eigenvalue weighted by molar-refractivity contribution is 5.76. The van der Waals surface area contributed by atoms with E-state index < -0.39 is 0 Å². The van der Waals surface area contributed by atoms with Gasteiger partial charge in [0.1, 0.15) is 6.33 Å². The smallest absolute Gasteiger partial charge is 0.326 e. The molecule has 0 bridgehead atoms. The number of carbonyl (C=O) groups excluding carboxylic acids is 1. The van der Waals surface area contributed by atoms with Gasteiger partial charge in [0.05, 0.1) is 0 Å². The number of nitrogens with one attached hydrogen (secondary N) is 1. The molecule has 82 valence electrons. The van der Waals surface area contributed by atoms with E-state index in [9.17, 15) is 4.79 Å². The third-order valence-corrected chi connectivity index (χ3v) is 2.62. The SMILES string of the molecule is O=C(NCC1CCOCC1)n1ccnc1. The van der Waals surface area contributed by atoms with E-state index in [1.807, 2.05) is 0 Å². The van der Waals surface area contributed by atoms with Crippen molar-refractivity contribution in [3.8, 4) is 0 Å². The van der Waals surface area contributed by atoms with Crippen LogP contribution in [0.15, 0.2) is 18.7 Å². The van der Waals surface area contributed by atoms with Crippen LogP contribution in [-0.2, 0) is 4.74 Å². The minimum absolute atomic E-state index is 0.112. The van der Waals surface area contributed by atoms with Crippen LogP contribution in [0.25, 0.3) is 0 Å². The molecule has 1 amide bonds. The molecular formula is C10H15N3O2. The fourth-order valence-electron chi connectivity index (χ4n) is 1.65. The number of ether oxygens (including phenoxy) is 1. The van der Waals surface area contributed by atoms with E-state index in [1.54, 1.807) is 12.4 Å². The van der Waals surface area contributed by atoms with Crippen molar-refractivity contribution in [1.82, 2.24) is 14.9 Å². The summed E-state index contributed by atoms with van der Waals surface area (Å²) < 4.78 is 6.69. The van der Waals surface area contributed by atoms with Crippen LogP contribution >= 0.6 is 0 Å². The molecule has 0 radical (unpaired) electrons. The van der Waals surface area contributed by atoms with Gasteiger partial charge in [-0.2, -0.15) is 0 Å². The van der Waals surface area contributed by atoms with Gasteiger partial charge in [0.2, 0.25) is 0 Å². The first-order chi connectivity index (χ1) is 7.36. The van der Waals surface area contributed by atoms with Crippen LogP contribution in [0, 0.1) is 5.92 Å². The average molecular weight is 209 g/mol. The van der Waals surface area contributed by atoms with E-state index in [1.165, 1.54) is 10.9 Å². The van der Waals surface area contributed by atoms with Gasteiger partial charge in [0.25, 0.3) is 0 Å². The zero-order valence-electron chi connectivity index (χ0n) is 8.56. The fourth-order valence-corrected chi connectivity index (χ4v) is 1.65. The zero-order chi connectivity index (χ0) is 10.5. The number of hydrogen-bond donors (Lipinski definition) is 1. The quantitative estimate of drug-likeness (QED) is 0.786. The lowest BCUT2D eigenvalue weighted by Crippen LogP contribution is -2.34. The van der Waals surface area contributed by atoms with Gasteiger partial charge in [-0.1, -0.05) is 0 Å². The number of nitrogens with zero attached hydrogens (tertiary/aromatic N) is 2. The number of hydrogen-bond acceptors (Lipinski definition) is 3. The van der Waals surface area contributed by atoms with Crippen LogP contribution in [0.4, 0.5) is 4.79 Å². The summed E-state index contributed by atoms with van der Waals surface area (Å²) >= 11 is 0. The van der Waals surface area contributed by atoms with Crippen molar-refractivity contribution in [3.63, 3.8) is 0 Å².